The first-order valence-electron chi connectivity index (χ1n) is 10.7. The van der Waals surface area contributed by atoms with Crippen LogP contribution in [-0.2, 0) is 11.0 Å². The molecule has 0 aliphatic carbocycles. The Morgan fingerprint density at radius 2 is 1.83 bits per heavy atom. The summed E-state index contributed by atoms with van der Waals surface area (Å²) in [4.78, 5) is 33.5. The predicted molar refractivity (Wildman–Crippen MR) is 124 cm³/mol. The number of nitrogens with one attached hydrogen (secondary N) is 2. The second-order valence-electron chi connectivity index (χ2n) is 8.12. The van der Waals surface area contributed by atoms with E-state index < -0.39 is 17.6 Å². The van der Waals surface area contributed by atoms with Crippen molar-refractivity contribution in [3.63, 3.8) is 0 Å². The van der Waals surface area contributed by atoms with E-state index in [1.165, 1.54) is 13.1 Å². The highest BCUT2D eigenvalue weighted by Crippen LogP contribution is 2.31. The number of anilines is 3. The minimum Gasteiger partial charge on any atom is -0.485 e. The summed E-state index contributed by atoms with van der Waals surface area (Å²) < 4.78 is 44.6. The van der Waals surface area contributed by atoms with E-state index in [1.807, 2.05) is 11.8 Å². The van der Waals surface area contributed by atoms with Gasteiger partial charge >= 0.3 is 6.18 Å². The van der Waals surface area contributed by atoms with E-state index >= 15 is 0 Å². The van der Waals surface area contributed by atoms with Gasteiger partial charge in [0.25, 0.3) is 5.91 Å². The molecule has 11 heteroatoms. The normalized spacial score (nSPS) is 13.7. The molecule has 1 saturated heterocycles. The summed E-state index contributed by atoms with van der Waals surface area (Å²) in [6, 6.07) is 9.32. The van der Waals surface area contributed by atoms with Crippen molar-refractivity contribution < 1.29 is 27.5 Å². The van der Waals surface area contributed by atoms with Gasteiger partial charge in [-0.2, -0.15) is 13.2 Å². The third kappa shape index (κ3) is 5.86. The molecule has 1 aliphatic rings. The van der Waals surface area contributed by atoms with Crippen molar-refractivity contribution in [1.82, 2.24) is 9.97 Å². The molecule has 2 amide bonds. The van der Waals surface area contributed by atoms with Gasteiger partial charge < -0.3 is 20.3 Å². The highest BCUT2D eigenvalue weighted by Gasteiger charge is 2.32. The van der Waals surface area contributed by atoms with Crippen LogP contribution in [0.25, 0.3) is 0 Å². The minimum atomic E-state index is -4.55. The molecule has 1 aromatic carbocycles. The molecule has 0 bridgehead atoms. The lowest BCUT2D eigenvalue weighted by Crippen LogP contribution is -2.54. The first-order valence-corrected chi connectivity index (χ1v) is 10.7. The summed E-state index contributed by atoms with van der Waals surface area (Å²) in [6.45, 7) is 4.47. The maximum atomic E-state index is 12.9. The van der Waals surface area contributed by atoms with E-state index in [4.69, 9.17) is 4.74 Å². The molecule has 0 saturated carbocycles. The molecule has 182 valence electrons. The van der Waals surface area contributed by atoms with Crippen molar-refractivity contribution in [2.75, 3.05) is 28.6 Å². The molecule has 0 radical (unpaired) electrons. The zero-order valence-corrected chi connectivity index (χ0v) is 18.9. The first-order chi connectivity index (χ1) is 16.6. The van der Waals surface area contributed by atoms with Crippen molar-refractivity contribution in [2.24, 2.45) is 0 Å². The highest BCUT2D eigenvalue weighted by molar-refractivity contribution is 6.05. The van der Waals surface area contributed by atoms with Gasteiger partial charge in [0, 0.05) is 24.4 Å². The van der Waals surface area contributed by atoms with Gasteiger partial charge in [0.2, 0.25) is 5.91 Å². The van der Waals surface area contributed by atoms with Gasteiger partial charge in [-0.3, -0.25) is 14.6 Å². The van der Waals surface area contributed by atoms with Gasteiger partial charge in [0.15, 0.2) is 0 Å². The summed E-state index contributed by atoms with van der Waals surface area (Å²) in [6.07, 6.45) is -1.24. The Balaban J connectivity index is 1.38. The lowest BCUT2D eigenvalue weighted by molar-refractivity contribution is -0.137. The van der Waals surface area contributed by atoms with Crippen LogP contribution in [-0.4, -0.2) is 41.0 Å². The van der Waals surface area contributed by atoms with E-state index in [2.05, 4.69) is 20.6 Å². The van der Waals surface area contributed by atoms with Crippen molar-refractivity contribution >= 4 is 29.0 Å². The zero-order valence-electron chi connectivity index (χ0n) is 18.9. The number of hydrogen-bond acceptors (Lipinski definition) is 6. The number of halogens is 3. The molecule has 0 unspecified atom stereocenters. The average molecular weight is 485 g/mol. The average Bonchev–Trinajstić information content (AvgIpc) is 2.77. The van der Waals surface area contributed by atoms with Crippen LogP contribution < -0.4 is 20.3 Å². The molecule has 3 heterocycles. The summed E-state index contributed by atoms with van der Waals surface area (Å²) in [5.74, 6) is 0.264. The van der Waals surface area contributed by atoms with Crippen LogP contribution in [0.4, 0.5) is 30.4 Å². The fourth-order valence-corrected chi connectivity index (χ4v) is 3.56. The maximum Gasteiger partial charge on any atom is 0.417 e. The number of amides is 2. The second kappa shape index (κ2) is 9.61. The molecule has 4 rings (SSSR count). The highest BCUT2D eigenvalue weighted by atomic mass is 19.4. The molecular weight excluding hydrogens is 463 g/mol. The fraction of sp³-hybridized carbons (Fsp3) is 0.250. The quantitative estimate of drug-likeness (QED) is 0.541. The van der Waals surface area contributed by atoms with Gasteiger partial charge in [0.1, 0.15) is 17.7 Å². The molecule has 2 aromatic heterocycles. The Morgan fingerprint density at radius 1 is 1.06 bits per heavy atom. The number of nitrogens with zero attached hydrogens (tertiary/aromatic N) is 3. The smallest absolute Gasteiger partial charge is 0.417 e. The topological polar surface area (TPSA) is 96.5 Å². The van der Waals surface area contributed by atoms with Crippen LogP contribution in [0.5, 0.6) is 5.75 Å². The number of hydrogen-bond donors (Lipinski definition) is 2. The molecule has 0 atom stereocenters. The third-order valence-corrected chi connectivity index (χ3v) is 5.33. The number of carbonyl (C=O) groups is 2. The number of aryl methyl sites for hydroxylation is 1. The number of aromatic nitrogens is 2. The Bertz CT molecular complexity index is 1240. The van der Waals surface area contributed by atoms with Crippen molar-refractivity contribution in [2.45, 2.75) is 26.1 Å². The molecule has 3 aromatic rings. The fourth-order valence-electron chi connectivity index (χ4n) is 3.56. The lowest BCUT2D eigenvalue weighted by Gasteiger charge is -2.41. The van der Waals surface area contributed by atoms with E-state index in [9.17, 15) is 22.8 Å². The lowest BCUT2D eigenvalue weighted by atomic mass is 10.0. The van der Waals surface area contributed by atoms with E-state index in [0.29, 0.717) is 36.4 Å². The predicted octanol–water partition coefficient (Wildman–Crippen LogP) is 4.28. The number of pyridine rings is 2. The summed E-state index contributed by atoms with van der Waals surface area (Å²) in [7, 11) is 0. The van der Waals surface area contributed by atoms with Gasteiger partial charge in [-0.25, -0.2) is 4.98 Å². The minimum absolute atomic E-state index is 0.0394. The van der Waals surface area contributed by atoms with E-state index in [1.54, 1.807) is 30.3 Å². The number of carbonyl (C=O) groups excluding carboxylic acids is 2. The van der Waals surface area contributed by atoms with Crippen molar-refractivity contribution in [3.8, 4) is 5.75 Å². The largest absolute Gasteiger partial charge is 0.485 e. The SMILES string of the molecule is CC(=O)Nc1ccc(OC2CN(c3cc(C(=O)Nc4cncc(C(F)(F)F)c4)ccc3C)C2)cn1. The van der Waals surface area contributed by atoms with Gasteiger partial charge in [-0.15, -0.1) is 0 Å². The van der Waals surface area contributed by atoms with Gasteiger partial charge in [-0.1, -0.05) is 6.07 Å². The Morgan fingerprint density at radius 3 is 2.49 bits per heavy atom. The van der Waals surface area contributed by atoms with Crippen molar-refractivity contribution in [1.29, 1.82) is 0 Å². The summed E-state index contributed by atoms with van der Waals surface area (Å²) in [5.41, 5.74) is 1.11. The van der Waals surface area contributed by atoms with E-state index in [-0.39, 0.29) is 17.7 Å². The third-order valence-electron chi connectivity index (χ3n) is 5.33. The molecule has 8 nitrogen and oxygen atoms in total. The van der Waals surface area contributed by atoms with Crippen molar-refractivity contribution in [3.05, 3.63) is 71.7 Å². The molecule has 35 heavy (non-hydrogen) atoms. The second-order valence-corrected chi connectivity index (χ2v) is 8.12. The van der Waals surface area contributed by atoms with Crippen LogP contribution >= 0.6 is 0 Å². The Kier molecular flexibility index (Phi) is 6.59. The van der Waals surface area contributed by atoms with Crippen LogP contribution in [0, 0.1) is 6.92 Å². The number of ether oxygens (including phenoxy) is 1. The molecule has 2 N–H and O–H groups in total. The standard InChI is InChI=1S/C24H22F3N5O3/c1-14-3-4-16(23(34)31-18-8-17(9-28-10-18)24(25,26)27)7-21(14)32-12-20(13-32)35-19-5-6-22(29-11-19)30-15(2)33/h3-11,20H,12-13H2,1-2H3,(H,31,34)(H,29,30,33). The van der Waals surface area contributed by atoms with Crippen LogP contribution in [0.3, 0.4) is 0 Å². The molecule has 1 fully saturated rings. The molecule has 1 aliphatic heterocycles. The van der Waals surface area contributed by atoms with Crippen LogP contribution in [0.1, 0.15) is 28.4 Å². The Hall–Kier alpha value is -4.15. The monoisotopic (exact) mass is 485 g/mol. The van der Waals surface area contributed by atoms with Gasteiger partial charge in [-0.05, 0) is 42.8 Å². The van der Waals surface area contributed by atoms with Crippen LogP contribution in [0.15, 0.2) is 55.0 Å². The molecular formula is C24H22F3N5O3. The number of rotatable bonds is 6. The maximum absolute atomic E-state index is 12.9. The van der Waals surface area contributed by atoms with Crippen LogP contribution in [0.2, 0.25) is 0 Å². The summed E-state index contributed by atoms with van der Waals surface area (Å²) >= 11 is 0. The number of benzene rings is 1. The Labute approximate surface area is 199 Å². The van der Waals surface area contributed by atoms with Gasteiger partial charge in [0.05, 0.1) is 36.7 Å². The summed E-state index contributed by atoms with van der Waals surface area (Å²) in [5, 5.41) is 5.06. The molecule has 0 spiro atoms. The van der Waals surface area contributed by atoms with E-state index in [0.717, 1.165) is 23.5 Å². The first kappa shape index (κ1) is 24.0. The number of alkyl halides is 3. The zero-order chi connectivity index (χ0) is 25.2.